The second-order valence-corrected chi connectivity index (χ2v) is 7.34. The summed E-state index contributed by atoms with van der Waals surface area (Å²) in [6.45, 7) is 0. The SMILES string of the molecule is O=P(O)(O)CP(=O)(O)Oc1ccc(Cl)cc1. The van der Waals surface area contributed by atoms with Gasteiger partial charge in [-0.05, 0) is 24.3 Å². The van der Waals surface area contributed by atoms with Crippen LogP contribution in [-0.2, 0) is 9.13 Å². The van der Waals surface area contributed by atoms with Crippen LogP contribution in [0, 0.1) is 0 Å². The Morgan fingerprint density at radius 1 is 1.12 bits per heavy atom. The molecule has 1 aromatic carbocycles. The third-order valence-corrected chi connectivity index (χ3v) is 5.08. The summed E-state index contributed by atoms with van der Waals surface area (Å²) in [4.78, 5) is 26.3. The highest BCUT2D eigenvalue weighted by molar-refractivity contribution is 7.70. The molecule has 3 N–H and O–H groups in total. The van der Waals surface area contributed by atoms with E-state index < -0.39 is 21.1 Å². The van der Waals surface area contributed by atoms with E-state index in [1.54, 1.807) is 0 Å². The largest absolute Gasteiger partial charge is 0.424 e. The van der Waals surface area contributed by atoms with Gasteiger partial charge in [0, 0.05) is 5.02 Å². The molecular formula is C7H9ClO6P2. The van der Waals surface area contributed by atoms with Crippen LogP contribution in [-0.4, -0.2) is 20.6 Å². The minimum atomic E-state index is -4.60. The van der Waals surface area contributed by atoms with Crippen molar-refractivity contribution < 1.29 is 28.3 Å². The first-order valence-corrected chi connectivity index (χ1v) is 7.93. The van der Waals surface area contributed by atoms with Crippen LogP contribution in [0.3, 0.4) is 0 Å². The molecule has 6 nitrogen and oxygen atoms in total. The molecule has 0 bridgehead atoms. The fourth-order valence-corrected chi connectivity index (χ4v) is 3.59. The third-order valence-electron chi connectivity index (χ3n) is 1.42. The summed E-state index contributed by atoms with van der Waals surface area (Å²) in [6.07, 6.45) is 0. The Hall–Kier alpha value is -0.350. The average molecular weight is 287 g/mol. The van der Waals surface area contributed by atoms with Crippen LogP contribution in [0.25, 0.3) is 0 Å². The van der Waals surface area contributed by atoms with E-state index in [0.717, 1.165) is 0 Å². The molecule has 0 aliphatic carbocycles. The van der Waals surface area contributed by atoms with Crippen molar-refractivity contribution in [1.82, 2.24) is 0 Å². The van der Waals surface area contributed by atoms with Crippen molar-refractivity contribution >= 4 is 26.8 Å². The fourth-order valence-electron chi connectivity index (χ4n) is 0.922. The molecule has 0 saturated heterocycles. The summed E-state index contributed by atoms with van der Waals surface area (Å²) >= 11 is 5.58. The highest BCUT2D eigenvalue weighted by atomic mass is 35.5. The van der Waals surface area contributed by atoms with Crippen molar-refractivity contribution in [3.05, 3.63) is 29.3 Å². The molecule has 0 amide bonds. The lowest BCUT2D eigenvalue weighted by Crippen LogP contribution is -1.97. The smallest absolute Gasteiger partial charge is 0.388 e. The standard InChI is InChI=1S/C7H9ClO6P2/c8-6-1-3-7(4-2-6)14-16(12,13)5-15(9,10)11/h1-4H,5H2,(H,12,13)(H2,9,10,11). The van der Waals surface area contributed by atoms with Gasteiger partial charge in [-0.25, -0.2) is 4.57 Å². The maximum Gasteiger partial charge on any atom is 0.388 e. The lowest BCUT2D eigenvalue weighted by atomic mass is 10.3. The zero-order valence-electron chi connectivity index (χ0n) is 7.86. The minimum Gasteiger partial charge on any atom is -0.424 e. The van der Waals surface area contributed by atoms with Gasteiger partial charge in [-0.15, -0.1) is 0 Å². The van der Waals surface area contributed by atoms with E-state index in [9.17, 15) is 14.0 Å². The molecule has 0 aliphatic heterocycles. The zero-order chi connectivity index (χ0) is 12.4. The average Bonchev–Trinajstić information content (AvgIpc) is 2.04. The molecular weight excluding hydrogens is 277 g/mol. The van der Waals surface area contributed by atoms with Crippen molar-refractivity contribution in [2.45, 2.75) is 0 Å². The van der Waals surface area contributed by atoms with E-state index in [0.29, 0.717) is 5.02 Å². The molecule has 90 valence electrons. The maximum absolute atomic E-state index is 11.3. The first-order chi connectivity index (χ1) is 7.18. The monoisotopic (exact) mass is 286 g/mol. The Kier molecular flexibility index (Phi) is 4.18. The molecule has 1 aromatic rings. The second-order valence-electron chi connectivity index (χ2n) is 2.99. The van der Waals surface area contributed by atoms with E-state index in [4.69, 9.17) is 21.4 Å². The van der Waals surface area contributed by atoms with Crippen molar-refractivity contribution in [2.75, 3.05) is 5.90 Å². The Labute approximate surface area is 96.5 Å². The molecule has 0 saturated carbocycles. The van der Waals surface area contributed by atoms with E-state index in [2.05, 4.69) is 4.52 Å². The van der Waals surface area contributed by atoms with E-state index in [-0.39, 0.29) is 5.75 Å². The van der Waals surface area contributed by atoms with Crippen LogP contribution < -0.4 is 4.52 Å². The normalized spacial score (nSPS) is 15.5. The van der Waals surface area contributed by atoms with Crippen molar-refractivity contribution in [3.8, 4) is 5.75 Å². The molecule has 1 rings (SSSR count). The van der Waals surface area contributed by atoms with Gasteiger partial charge in [-0.3, -0.25) is 4.57 Å². The first-order valence-electron chi connectivity index (χ1n) is 3.99. The van der Waals surface area contributed by atoms with Gasteiger partial charge in [0.1, 0.15) is 5.75 Å². The van der Waals surface area contributed by atoms with E-state index in [1.807, 2.05) is 0 Å². The summed E-state index contributed by atoms with van der Waals surface area (Å²) < 4.78 is 26.4. The van der Waals surface area contributed by atoms with Crippen LogP contribution in [0.15, 0.2) is 24.3 Å². The first kappa shape index (κ1) is 13.7. The van der Waals surface area contributed by atoms with Gasteiger partial charge in [-0.2, -0.15) is 0 Å². The van der Waals surface area contributed by atoms with Gasteiger partial charge in [0.15, 0.2) is 5.90 Å². The van der Waals surface area contributed by atoms with Crippen LogP contribution >= 0.6 is 26.8 Å². The number of benzene rings is 1. The van der Waals surface area contributed by atoms with Crippen molar-refractivity contribution in [1.29, 1.82) is 0 Å². The van der Waals surface area contributed by atoms with Crippen LogP contribution in [0.1, 0.15) is 0 Å². The summed E-state index contributed by atoms with van der Waals surface area (Å²) in [5.74, 6) is -1.20. The quantitative estimate of drug-likeness (QED) is 0.732. The van der Waals surface area contributed by atoms with Gasteiger partial charge in [0.2, 0.25) is 0 Å². The molecule has 1 unspecified atom stereocenters. The number of hydrogen-bond acceptors (Lipinski definition) is 3. The molecule has 0 heterocycles. The van der Waals surface area contributed by atoms with Gasteiger partial charge < -0.3 is 19.2 Å². The molecule has 16 heavy (non-hydrogen) atoms. The second kappa shape index (κ2) is 4.88. The highest BCUT2D eigenvalue weighted by Crippen LogP contribution is 2.55. The van der Waals surface area contributed by atoms with Crippen molar-refractivity contribution in [2.24, 2.45) is 0 Å². The summed E-state index contributed by atoms with van der Waals surface area (Å²) in [6, 6.07) is 5.50. The number of halogens is 1. The molecule has 0 aromatic heterocycles. The van der Waals surface area contributed by atoms with E-state index >= 15 is 0 Å². The Balaban J connectivity index is 2.77. The predicted molar refractivity (Wildman–Crippen MR) is 58.8 cm³/mol. The predicted octanol–water partition coefficient (Wildman–Crippen LogP) is 2.04. The molecule has 0 fully saturated rings. The van der Waals surface area contributed by atoms with Gasteiger partial charge >= 0.3 is 15.2 Å². The van der Waals surface area contributed by atoms with Gasteiger partial charge in [0.05, 0.1) is 0 Å². The Morgan fingerprint density at radius 2 is 1.62 bits per heavy atom. The highest BCUT2D eigenvalue weighted by Gasteiger charge is 2.32. The topological polar surface area (TPSA) is 104 Å². The summed E-state index contributed by atoms with van der Waals surface area (Å²) in [5.41, 5.74) is 0. The van der Waals surface area contributed by atoms with Gasteiger partial charge in [-0.1, -0.05) is 11.6 Å². The molecule has 0 aliphatic rings. The molecule has 1 atom stereocenters. The lowest BCUT2D eigenvalue weighted by Gasteiger charge is -2.13. The molecule has 9 heteroatoms. The number of rotatable bonds is 4. The van der Waals surface area contributed by atoms with Crippen LogP contribution in [0.5, 0.6) is 5.75 Å². The van der Waals surface area contributed by atoms with Crippen LogP contribution in [0.2, 0.25) is 5.02 Å². The summed E-state index contributed by atoms with van der Waals surface area (Å²) in [5, 5.41) is 0.412. The molecule has 0 spiro atoms. The maximum atomic E-state index is 11.3. The minimum absolute atomic E-state index is 0.0173. The van der Waals surface area contributed by atoms with Crippen molar-refractivity contribution in [3.63, 3.8) is 0 Å². The van der Waals surface area contributed by atoms with Gasteiger partial charge in [0.25, 0.3) is 0 Å². The Morgan fingerprint density at radius 3 is 2.06 bits per heavy atom. The van der Waals surface area contributed by atoms with E-state index in [1.165, 1.54) is 24.3 Å². The molecule has 0 radical (unpaired) electrons. The zero-order valence-corrected chi connectivity index (χ0v) is 10.4. The fraction of sp³-hybridized carbons (Fsp3) is 0.143. The Bertz CT molecular complexity index is 452. The number of hydrogen-bond donors (Lipinski definition) is 3. The van der Waals surface area contributed by atoms with Crippen LogP contribution in [0.4, 0.5) is 0 Å². The third kappa shape index (κ3) is 5.12. The summed E-state index contributed by atoms with van der Waals surface area (Å²) in [7, 11) is -8.96. The lowest BCUT2D eigenvalue weighted by molar-refractivity contribution is 0.360.